The fourth-order valence-electron chi connectivity index (χ4n) is 3.56. The topological polar surface area (TPSA) is 12.0 Å². The van der Waals surface area contributed by atoms with Gasteiger partial charge in [-0.25, -0.2) is 0 Å². The zero-order valence-electron chi connectivity index (χ0n) is 24.0. The summed E-state index contributed by atoms with van der Waals surface area (Å²) in [5, 5.41) is 0. The molecule has 0 heterocycles. The van der Waals surface area contributed by atoms with Crippen molar-refractivity contribution in [1.82, 2.24) is 4.72 Å². The highest BCUT2D eigenvalue weighted by Gasteiger charge is 2.08. The third-order valence-corrected chi connectivity index (χ3v) is 6.91. The number of unbranched alkanes of at least 4 members (excludes halogenated alkanes) is 15. The van der Waals surface area contributed by atoms with Crippen LogP contribution in [-0.2, 0) is 0 Å². The van der Waals surface area contributed by atoms with Gasteiger partial charge in [-0.3, -0.25) is 4.72 Å². The van der Waals surface area contributed by atoms with Crippen molar-refractivity contribution in [3.05, 3.63) is 0 Å². The van der Waals surface area contributed by atoms with Crippen LogP contribution < -0.4 is 4.72 Å². The Hall–Kier alpha value is 0.310. The molecule has 0 radical (unpaired) electrons. The lowest BCUT2D eigenvalue weighted by Gasteiger charge is -2.18. The molecule has 0 aliphatic rings. The highest BCUT2D eigenvalue weighted by atomic mass is 32.2. The summed E-state index contributed by atoms with van der Waals surface area (Å²) in [5.74, 6) is 1.30. The third-order valence-electron chi connectivity index (χ3n) is 5.91. The van der Waals surface area contributed by atoms with E-state index in [1.165, 1.54) is 141 Å². The average Bonchev–Trinajstić information content (AvgIpc) is 2.83. The zero-order chi connectivity index (χ0) is 24.5. The van der Waals surface area contributed by atoms with Gasteiger partial charge in [0.25, 0.3) is 0 Å². The lowest BCUT2D eigenvalue weighted by atomic mass is 10.0. The molecule has 0 fully saturated rings. The second-order valence-electron chi connectivity index (χ2n) is 9.19. The molecule has 0 spiro atoms. The van der Waals surface area contributed by atoms with Crippen molar-refractivity contribution in [2.24, 2.45) is 0 Å². The second kappa shape index (κ2) is 38.6. The molecular weight excluding hydrogens is 406 g/mol. The summed E-state index contributed by atoms with van der Waals surface area (Å²) in [5.41, 5.74) is 0. The van der Waals surface area contributed by atoms with Crippen molar-refractivity contribution >= 4 is 11.9 Å². The fourth-order valence-corrected chi connectivity index (χ4v) is 4.50. The quantitative estimate of drug-likeness (QED) is 0.117. The maximum Gasteiger partial charge on any atom is 0.0171 e. The molecule has 198 valence electrons. The lowest BCUT2D eigenvalue weighted by molar-refractivity contribution is 0.467. The minimum absolute atomic E-state index is 0.757. The number of rotatable bonds is 23. The molecular formula is C30H67NS. The third kappa shape index (κ3) is 37.6. The summed E-state index contributed by atoms with van der Waals surface area (Å²) < 4.78 is 3.83. The first kappa shape index (κ1) is 36.9. The van der Waals surface area contributed by atoms with Gasteiger partial charge in [-0.1, -0.05) is 176 Å². The van der Waals surface area contributed by atoms with Gasteiger partial charge in [-0.2, -0.15) is 0 Å². The van der Waals surface area contributed by atoms with Crippen LogP contribution in [0.1, 0.15) is 183 Å². The van der Waals surface area contributed by atoms with E-state index in [0.29, 0.717) is 0 Å². The number of nitrogens with one attached hydrogen (secondary N) is 1. The van der Waals surface area contributed by atoms with E-state index in [9.17, 15) is 0 Å². The van der Waals surface area contributed by atoms with E-state index in [2.05, 4.69) is 39.3 Å². The SMILES string of the molecule is CC.CCCC.CCCCCCCCSNC(CCCCCCC)CCCCCCCC. The molecule has 0 aliphatic carbocycles. The van der Waals surface area contributed by atoms with E-state index in [-0.39, 0.29) is 0 Å². The molecule has 0 saturated carbocycles. The van der Waals surface area contributed by atoms with Crippen LogP contribution >= 0.6 is 11.9 Å². The lowest BCUT2D eigenvalue weighted by Crippen LogP contribution is -2.23. The van der Waals surface area contributed by atoms with Gasteiger partial charge >= 0.3 is 0 Å². The van der Waals surface area contributed by atoms with E-state index in [1.807, 2.05) is 25.8 Å². The molecule has 0 amide bonds. The van der Waals surface area contributed by atoms with Gasteiger partial charge in [0, 0.05) is 11.8 Å². The van der Waals surface area contributed by atoms with E-state index in [4.69, 9.17) is 0 Å². The summed E-state index contributed by atoms with van der Waals surface area (Å²) in [6, 6.07) is 0.757. The van der Waals surface area contributed by atoms with Crippen LogP contribution in [0, 0.1) is 0 Å². The van der Waals surface area contributed by atoms with Crippen LogP contribution in [0.15, 0.2) is 0 Å². The van der Waals surface area contributed by atoms with Crippen molar-refractivity contribution in [1.29, 1.82) is 0 Å². The molecule has 0 aliphatic heterocycles. The molecule has 1 nitrogen and oxygen atoms in total. The highest BCUT2D eigenvalue weighted by Crippen LogP contribution is 2.17. The van der Waals surface area contributed by atoms with Crippen molar-refractivity contribution in [3.63, 3.8) is 0 Å². The van der Waals surface area contributed by atoms with Gasteiger partial charge in [0.2, 0.25) is 0 Å². The van der Waals surface area contributed by atoms with Gasteiger partial charge in [-0.15, -0.1) is 0 Å². The van der Waals surface area contributed by atoms with Crippen LogP contribution in [0.25, 0.3) is 0 Å². The predicted molar refractivity (Wildman–Crippen MR) is 156 cm³/mol. The van der Waals surface area contributed by atoms with E-state index in [1.54, 1.807) is 0 Å². The number of hydrogen-bond acceptors (Lipinski definition) is 2. The van der Waals surface area contributed by atoms with Crippen LogP contribution in [0.4, 0.5) is 0 Å². The first-order valence-corrected chi connectivity index (χ1v) is 16.1. The Morgan fingerprint density at radius 2 is 0.781 bits per heavy atom. The Morgan fingerprint density at radius 1 is 0.438 bits per heavy atom. The maximum atomic E-state index is 3.83. The molecule has 1 atom stereocenters. The normalized spacial score (nSPS) is 11.3. The Labute approximate surface area is 211 Å². The molecule has 0 aromatic rings. The first-order chi connectivity index (χ1) is 15.8. The molecule has 0 bridgehead atoms. The summed E-state index contributed by atoms with van der Waals surface area (Å²) in [4.78, 5) is 0. The van der Waals surface area contributed by atoms with Crippen molar-refractivity contribution in [2.45, 2.75) is 189 Å². The van der Waals surface area contributed by atoms with Crippen LogP contribution in [0.5, 0.6) is 0 Å². The Bertz CT molecular complexity index is 268. The second-order valence-corrected chi connectivity index (χ2v) is 10.1. The molecule has 1 N–H and O–H groups in total. The van der Waals surface area contributed by atoms with Crippen molar-refractivity contribution in [2.75, 3.05) is 5.75 Å². The molecule has 0 saturated heterocycles. The summed E-state index contributed by atoms with van der Waals surface area (Å²) in [6.07, 6.45) is 29.5. The Kier molecular flexibility index (Phi) is 44.4. The molecule has 1 unspecified atom stereocenters. The van der Waals surface area contributed by atoms with Crippen molar-refractivity contribution in [3.8, 4) is 0 Å². The number of hydrogen-bond donors (Lipinski definition) is 1. The average molecular weight is 474 g/mol. The van der Waals surface area contributed by atoms with Gasteiger partial charge in [-0.05, 0) is 19.3 Å². The molecule has 32 heavy (non-hydrogen) atoms. The van der Waals surface area contributed by atoms with Crippen LogP contribution in [0.3, 0.4) is 0 Å². The van der Waals surface area contributed by atoms with E-state index >= 15 is 0 Å². The Balaban J connectivity index is -0.00000125. The predicted octanol–water partition coefficient (Wildman–Crippen LogP) is 11.9. The zero-order valence-corrected chi connectivity index (χ0v) is 24.9. The van der Waals surface area contributed by atoms with Crippen molar-refractivity contribution < 1.29 is 0 Å². The smallest absolute Gasteiger partial charge is 0.0171 e. The maximum absolute atomic E-state index is 3.83. The minimum Gasteiger partial charge on any atom is -0.261 e. The molecule has 0 aromatic carbocycles. The minimum atomic E-state index is 0.757. The largest absolute Gasteiger partial charge is 0.261 e. The van der Waals surface area contributed by atoms with Gasteiger partial charge < -0.3 is 0 Å². The van der Waals surface area contributed by atoms with Gasteiger partial charge in [0.15, 0.2) is 0 Å². The fraction of sp³-hybridized carbons (Fsp3) is 1.00. The van der Waals surface area contributed by atoms with Crippen LogP contribution in [-0.4, -0.2) is 11.8 Å². The molecule has 2 heteroatoms. The van der Waals surface area contributed by atoms with Gasteiger partial charge in [0.1, 0.15) is 0 Å². The van der Waals surface area contributed by atoms with Gasteiger partial charge in [0.05, 0.1) is 0 Å². The summed E-state index contributed by atoms with van der Waals surface area (Å²) >= 11 is 2.02. The Morgan fingerprint density at radius 3 is 1.16 bits per heavy atom. The molecule has 0 rings (SSSR count). The van der Waals surface area contributed by atoms with E-state index < -0.39 is 0 Å². The van der Waals surface area contributed by atoms with E-state index in [0.717, 1.165) is 6.04 Å². The standard InChI is InChI=1S/C24H51NS.C4H10.C2H6/c1-4-7-10-13-16-19-22-24(21-18-15-12-9-6-3)25-26-23-20-17-14-11-8-5-2;1-3-4-2;1-2/h24-25H,4-23H2,1-3H3;3-4H2,1-2H3;1-2H3. The monoisotopic (exact) mass is 473 g/mol. The summed E-state index contributed by atoms with van der Waals surface area (Å²) in [7, 11) is 0. The molecule has 0 aromatic heterocycles. The highest BCUT2D eigenvalue weighted by molar-refractivity contribution is 7.97. The van der Waals surface area contributed by atoms with Crippen LogP contribution in [0.2, 0.25) is 0 Å². The first-order valence-electron chi connectivity index (χ1n) is 15.1. The summed E-state index contributed by atoms with van der Waals surface area (Å²) in [6.45, 7) is 15.3.